The molecule has 1 unspecified atom stereocenters. The molecule has 0 aliphatic carbocycles. The van der Waals surface area contributed by atoms with Crippen LogP contribution in [0, 0.1) is 0 Å². The Morgan fingerprint density at radius 1 is 1.39 bits per heavy atom. The summed E-state index contributed by atoms with van der Waals surface area (Å²) in [5.41, 5.74) is 12.7. The van der Waals surface area contributed by atoms with Crippen LogP contribution in [0.5, 0.6) is 0 Å². The smallest absolute Gasteiger partial charge is 0.254 e. The normalized spacial score (nSPS) is 19.8. The van der Waals surface area contributed by atoms with Gasteiger partial charge in [0, 0.05) is 23.5 Å². The van der Waals surface area contributed by atoms with Crippen LogP contribution in [0.25, 0.3) is 0 Å². The molecule has 1 aromatic rings. The van der Waals surface area contributed by atoms with Crippen molar-refractivity contribution in [2.45, 2.75) is 6.04 Å². The van der Waals surface area contributed by atoms with Crippen LogP contribution in [0.1, 0.15) is 10.4 Å². The summed E-state index contributed by atoms with van der Waals surface area (Å²) in [6, 6.07) is 4.46. The Kier molecular flexibility index (Phi) is 3.69. The Hall–Kier alpha value is -1.79. The lowest BCUT2D eigenvalue weighted by Crippen LogP contribution is -2.50. The van der Waals surface area contributed by atoms with Crippen molar-refractivity contribution in [3.05, 3.63) is 23.8 Å². The largest absolute Gasteiger partial charge is 0.399 e. The summed E-state index contributed by atoms with van der Waals surface area (Å²) in [6.45, 7) is 1.16. The number of anilines is 2. The molecule has 0 aromatic heterocycles. The van der Waals surface area contributed by atoms with Crippen LogP contribution in [0.2, 0.25) is 0 Å². The number of amides is 1. The summed E-state index contributed by atoms with van der Waals surface area (Å²) in [5, 5.41) is 9.24. The molecule has 98 valence electrons. The summed E-state index contributed by atoms with van der Waals surface area (Å²) in [5.74, 6) is -0.184. The lowest BCUT2D eigenvalue weighted by Gasteiger charge is -2.34. The second kappa shape index (κ2) is 5.24. The van der Waals surface area contributed by atoms with Crippen molar-refractivity contribution in [2.24, 2.45) is 0 Å². The molecule has 1 aliphatic heterocycles. The highest BCUT2D eigenvalue weighted by Crippen LogP contribution is 2.18. The van der Waals surface area contributed by atoms with Gasteiger partial charge in [0.15, 0.2) is 0 Å². The maximum Gasteiger partial charge on any atom is 0.254 e. The SMILES string of the molecule is Nc1cc(N)cc(C(=O)N2CCOCC2CO)c1. The van der Waals surface area contributed by atoms with Gasteiger partial charge in [0.1, 0.15) is 0 Å². The van der Waals surface area contributed by atoms with Crippen LogP contribution in [-0.2, 0) is 4.74 Å². The molecule has 5 N–H and O–H groups in total. The van der Waals surface area contributed by atoms with E-state index in [1.54, 1.807) is 23.1 Å². The molecule has 0 radical (unpaired) electrons. The van der Waals surface area contributed by atoms with E-state index in [1.165, 1.54) is 0 Å². The fourth-order valence-corrected chi connectivity index (χ4v) is 2.04. The van der Waals surface area contributed by atoms with E-state index in [1.807, 2.05) is 0 Å². The number of benzene rings is 1. The Bertz CT molecular complexity index is 430. The zero-order chi connectivity index (χ0) is 13.1. The minimum Gasteiger partial charge on any atom is -0.399 e. The van der Waals surface area contributed by atoms with Gasteiger partial charge in [0.2, 0.25) is 0 Å². The molecule has 1 atom stereocenters. The minimum absolute atomic E-state index is 0.121. The summed E-state index contributed by atoms with van der Waals surface area (Å²) in [4.78, 5) is 13.9. The number of hydrogen-bond acceptors (Lipinski definition) is 5. The number of nitrogens with two attached hydrogens (primary N) is 2. The average molecular weight is 251 g/mol. The van der Waals surface area contributed by atoms with E-state index in [-0.39, 0.29) is 18.6 Å². The highest BCUT2D eigenvalue weighted by Gasteiger charge is 2.27. The number of carbonyl (C=O) groups is 1. The van der Waals surface area contributed by atoms with Crippen molar-refractivity contribution in [1.29, 1.82) is 0 Å². The first-order chi connectivity index (χ1) is 8.61. The zero-order valence-corrected chi connectivity index (χ0v) is 10.0. The third kappa shape index (κ3) is 2.55. The Morgan fingerprint density at radius 2 is 2.06 bits per heavy atom. The molecule has 1 heterocycles. The molecule has 1 aliphatic rings. The Balaban J connectivity index is 2.23. The number of hydrogen-bond donors (Lipinski definition) is 3. The van der Waals surface area contributed by atoms with Crippen molar-refractivity contribution in [2.75, 3.05) is 37.8 Å². The fourth-order valence-electron chi connectivity index (χ4n) is 2.04. The second-order valence-corrected chi connectivity index (χ2v) is 4.30. The molecule has 0 saturated carbocycles. The third-order valence-corrected chi connectivity index (χ3v) is 2.92. The lowest BCUT2D eigenvalue weighted by atomic mass is 10.1. The van der Waals surface area contributed by atoms with Gasteiger partial charge >= 0.3 is 0 Å². The van der Waals surface area contributed by atoms with Crippen molar-refractivity contribution in [1.82, 2.24) is 4.90 Å². The van der Waals surface area contributed by atoms with Crippen LogP contribution in [-0.4, -0.2) is 48.3 Å². The summed E-state index contributed by atoms with van der Waals surface area (Å²) in [7, 11) is 0. The Morgan fingerprint density at radius 3 is 2.67 bits per heavy atom. The molecular weight excluding hydrogens is 234 g/mol. The second-order valence-electron chi connectivity index (χ2n) is 4.30. The molecule has 0 bridgehead atoms. The Labute approximate surface area is 105 Å². The van der Waals surface area contributed by atoms with Crippen LogP contribution >= 0.6 is 0 Å². The number of nitrogen functional groups attached to an aromatic ring is 2. The van der Waals surface area contributed by atoms with Crippen LogP contribution in [0.4, 0.5) is 11.4 Å². The highest BCUT2D eigenvalue weighted by atomic mass is 16.5. The number of aliphatic hydroxyl groups is 1. The molecule has 6 nitrogen and oxygen atoms in total. The van der Waals surface area contributed by atoms with Gasteiger partial charge in [-0.05, 0) is 18.2 Å². The number of morpholine rings is 1. The first kappa shape index (κ1) is 12.7. The van der Waals surface area contributed by atoms with Gasteiger partial charge in [-0.1, -0.05) is 0 Å². The van der Waals surface area contributed by atoms with E-state index in [0.717, 1.165) is 0 Å². The summed E-state index contributed by atoms with van der Waals surface area (Å²) in [6.07, 6.45) is 0. The van der Waals surface area contributed by atoms with Gasteiger partial charge in [-0.15, -0.1) is 0 Å². The predicted molar refractivity (Wildman–Crippen MR) is 68.0 cm³/mol. The molecule has 1 aromatic carbocycles. The molecule has 1 amide bonds. The van der Waals surface area contributed by atoms with Gasteiger partial charge in [-0.2, -0.15) is 0 Å². The first-order valence-corrected chi connectivity index (χ1v) is 5.77. The van der Waals surface area contributed by atoms with Crippen molar-refractivity contribution in [3.63, 3.8) is 0 Å². The number of nitrogens with zero attached hydrogens (tertiary/aromatic N) is 1. The van der Waals surface area contributed by atoms with Crippen molar-refractivity contribution in [3.8, 4) is 0 Å². The maximum absolute atomic E-state index is 12.3. The van der Waals surface area contributed by atoms with Gasteiger partial charge in [-0.25, -0.2) is 0 Å². The predicted octanol–water partition coefficient (Wildman–Crippen LogP) is -0.316. The van der Waals surface area contributed by atoms with Crippen LogP contribution < -0.4 is 11.5 Å². The lowest BCUT2D eigenvalue weighted by molar-refractivity contribution is -0.0183. The summed E-state index contributed by atoms with van der Waals surface area (Å²) < 4.78 is 5.23. The topological polar surface area (TPSA) is 102 Å². The molecule has 1 fully saturated rings. The van der Waals surface area contributed by atoms with Crippen LogP contribution in [0.3, 0.4) is 0 Å². The van der Waals surface area contributed by atoms with E-state index >= 15 is 0 Å². The average Bonchev–Trinajstić information content (AvgIpc) is 2.36. The molecule has 1 saturated heterocycles. The van der Waals surface area contributed by atoms with E-state index in [9.17, 15) is 9.90 Å². The zero-order valence-electron chi connectivity index (χ0n) is 10.0. The minimum atomic E-state index is -0.311. The van der Waals surface area contributed by atoms with E-state index < -0.39 is 0 Å². The standard InChI is InChI=1S/C12H17N3O3/c13-9-3-8(4-10(14)5-9)12(17)15-1-2-18-7-11(15)6-16/h3-5,11,16H,1-2,6-7,13-14H2. The third-order valence-electron chi connectivity index (χ3n) is 2.92. The monoisotopic (exact) mass is 251 g/mol. The molecule has 2 rings (SSSR count). The quantitative estimate of drug-likeness (QED) is 0.625. The van der Waals surface area contributed by atoms with Crippen molar-refractivity contribution >= 4 is 17.3 Å². The number of carbonyl (C=O) groups excluding carboxylic acids is 1. The van der Waals surface area contributed by atoms with Crippen molar-refractivity contribution < 1.29 is 14.6 Å². The van der Waals surface area contributed by atoms with Gasteiger partial charge < -0.3 is 26.2 Å². The maximum atomic E-state index is 12.3. The van der Waals surface area contributed by atoms with Gasteiger partial charge in [0.25, 0.3) is 5.91 Å². The fraction of sp³-hybridized carbons (Fsp3) is 0.417. The summed E-state index contributed by atoms with van der Waals surface area (Å²) >= 11 is 0. The molecular formula is C12H17N3O3. The van der Waals surface area contributed by atoms with Gasteiger partial charge in [0.05, 0.1) is 25.9 Å². The van der Waals surface area contributed by atoms with E-state index in [0.29, 0.717) is 36.7 Å². The molecule has 6 heteroatoms. The number of aliphatic hydroxyl groups excluding tert-OH is 1. The van der Waals surface area contributed by atoms with Gasteiger partial charge in [-0.3, -0.25) is 4.79 Å². The first-order valence-electron chi connectivity index (χ1n) is 5.77. The molecule has 18 heavy (non-hydrogen) atoms. The number of ether oxygens (including phenoxy) is 1. The van der Waals surface area contributed by atoms with E-state index in [4.69, 9.17) is 16.2 Å². The highest BCUT2D eigenvalue weighted by molar-refractivity contribution is 5.96. The van der Waals surface area contributed by atoms with E-state index in [2.05, 4.69) is 0 Å². The number of rotatable bonds is 2. The van der Waals surface area contributed by atoms with Crippen LogP contribution in [0.15, 0.2) is 18.2 Å². The molecule has 0 spiro atoms.